The van der Waals surface area contributed by atoms with Crippen molar-refractivity contribution in [2.45, 2.75) is 31.2 Å². The van der Waals surface area contributed by atoms with Gasteiger partial charge in [-0.05, 0) is 62.2 Å². The molecule has 2 aromatic carbocycles. The largest absolute Gasteiger partial charge is 0.465 e. The van der Waals surface area contributed by atoms with Crippen molar-refractivity contribution in [3.8, 4) is 0 Å². The van der Waals surface area contributed by atoms with Gasteiger partial charge in [0, 0.05) is 24.7 Å². The highest BCUT2D eigenvalue weighted by Crippen LogP contribution is 2.26. The number of halogens is 1. The lowest BCUT2D eigenvalue weighted by Crippen LogP contribution is -2.42. The number of thiazole rings is 1. The van der Waals surface area contributed by atoms with E-state index in [0.29, 0.717) is 41.3 Å². The standard InChI is InChI=1S/C23H24ClN3O5S2/c1-3-27-19-11-6-15(22(29)32-2)13-20(19)33-23(27)25-21(28)16-5-4-12-26(14-16)34(30,31)18-9-7-17(24)8-10-18/h6-11,13,16H,3-5,12,14H2,1-2H3. The topological polar surface area (TPSA) is 98.0 Å². The van der Waals surface area contributed by atoms with Crippen molar-refractivity contribution in [1.82, 2.24) is 8.87 Å². The van der Waals surface area contributed by atoms with Gasteiger partial charge >= 0.3 is 5.97 Å². The molecule has 0 saturated carbocycles. The Morgan fingerprint density at radius 3 is 2.62 bits per heavy atom. The number of fused-ring (bicyclic) bond motifs is 1. The molecule has 4 rings (SSSR count). The molecule has 11 heteroatoms. The molecule has 3 aromatic rings. The van der Waals surface area contributed by atoms with E-state index >= 15 is 0 Å². The lowest BCUT2D eigenvalue weighted by Gasteiger charge is -2.30. The molecule has 1 aliphatic rings. The molecule has 8 nitrogen and oxygen atoms in total. The first-order valence-corrected chi connectivity index (χ1v) is 13.4. The number of hydrogen-bond acceptors (Lipinski definition) is 6. The van der Waals surface area contributed by atoms with E-state index in [1.165, 1.54) is 47.0 Å². The summed E-state index contributed by atoms with van der Waals surface area (Å²) in [6.07, 6.45) is 1.14. The van der Waals surface area contributed by atoms with E-state index in [4.69, 9.17) is 16.3 Å². The van der Waals surface area contributed by atoms with Crippen molar-refractivity contribution >= 4 is 55.1 Å². The van der Waals surface area contributed by atoms with Crippen molar-refractivity contribution in [2.75, 3.05) is 20.2 Å². The Kier molecular flexibility index (Phi) is 7.22. The molecule has 0 spiro atoms. The van der Waals surface area contributed by atoms with Crippen LogP contribution < -0.4 is 4.80 Å². The fraction of sp³-hybridized carbons (Fsp3) is 0.348. The van der Waals surface area contributed by atoms with Crippen LogP contribution >= 0.6 is 22.9 Å². The Morgan fingerprint density at radius 2 is 1.94 bits per heavy atom. The molecule has 1 aliphatic heterocycles. The average Bonchev–Trinajstić information content (AvgIpc) is 3.19. The molecule has 1 aromatic heterocycles. The highest BCUT2D eigenvalue weighted by Gasteiger charge is 2.33. The van der Waals surface area contributed by atoms with E-state index < -0.39 is 21.9 Å². The predicted molar refractivity (Wildman–Crippen MR) is 130 cm³/mol. The number of aromatic nitrogens is 1. The summed E-state index contributed by atoms with van der Waals surface area (Å²) in [5, 5.41) is 0.454. The number of sulfonamides is 1. The zero-order valence-corrected chi connectivity index (χ0v) is 21.1. The Labute approximate surface area is 206 Å². The van der Waals surface area contributed by atoms with Crippen LogP contribution in [0.25, 0.3) is 10.2 Å². The normalized spacial score (nSPS) is 17.7. The zero-order valence-electron chi connectivity index (χ0n) is 18.7. The molecule has 1 fully saturated rings. The van der Waals surface area contributed by atoms with Crippen molar-refractivity contribution in [1.29, 1.82) is 0 Å². The number of carbonyl (C=O) groups is 2. The molecule has 0 bridgehead atoms. The van der Waals surface area contributed by atoms with Gasteiger partial charge in [-0.3, -0.25) is 4.79 Å². The molecule has 1 unspecified atom stereocenters. The summed E-state index contributed by atoms with van der Waals surface area (Å²) in [6.45, 7) is 2.97. The van der Waals surface area contributed by atoms with Crippen LogP contribution in [0.2, 0.25) is 5.02 Å². The maximum absolute atomic E-state index is 13.1. The smallest absolute Gasteiger partial charge is 0.337 e. The van der Waals surface area contributed by atoms with E-state index in [0.717, 1.165) is 10.2 Å². The number of methoxy groups -OCH3 is 1. The molecule has 0 aliphatic carbocycles. The number of esters is 1. The summed E-state index contributed by atoms with van der Waals surface area (Å²) in [4.78, 5) is 30.0. The molecule has 34 heavy (non-hydrogen) atoms. The van der Waals surface area contributed by atoms with Crippen molar-refractivity contribution in [3.05, 3.63) is 57.9 Å². The Morgan fingerprint density at radius 1 is 1.21 bits per heavy atom. The monoisotopic (exact) mass is 521 g/mol. The molecular formula is C23H24ClN3O5S2. The summed E-state index contributed by atoms with van der Waals surface area (Å²) >= 11 is 7.20. The first kappa shape index (κ1) is 24.6. The van der Waals surface area contributed by atoms with Crippen molar-refractivity contribution < 1.29 is 22.7 Å². The van der Waals surface area contributed by atoms with Crippen LogP contribution in [0.3, 0.4) is 0 Å². The van der Waals surface area contributed by atoms with Crippen LogP contribution in [0.4, 0.5) is 0 Å². The van der Waals surface area contributed by atoms with Gasteiger partial charge in [0.2, 0.25) is 10.0 Å². The average molecular weight is 522 g/mol. The van der Waals surface area contributed by atoms with Gasteiger partial charge in [-0.25, -0.2) is 13.2 Å². The highest BCUT2D eigenvalue weighted by atomic mass is 35.5. The van der Waals surface area contributed by atoms with Crippen molar-refractivity contribution in [3.63, 3.8) is 0 Å². The highest BCUT2D eigenvalue weighted by molar-refractivity contribution is 7.89. The lowest BCUT2D eigenvalue weighted by atomic mass is 9.99. The molecule has 180 valence electrons. The van der Waals surface area contributed by atoms with Gasteiger partial charge in [0.1, 0.15) is 0 Å². The lowest BCUT2D eigenvalue weighted by molar-refractivity contribution is -0.122. The van der Waals surface area contributed by atoms with Crippen molar-refractivity contribution in [2.24, 2.45) is 10.9 Å². The summed E-state index contributed by atoms with van der Waals surface area (Å²) in [5.74, 6) is -1.31. The number of nitrogens with zero attached hydrogens (tertiary/aromatic N) is 3. The van der Waals surface area contributed by atoms with Crippen LogP contribution in [0, 0.1) is 5.92 Å². The van der Waals surface area contributed by atoms with Crippen LogP contribution in [-0.2, 0) is 26.1 Å². The quantitative estimate of drug-likeness (QED) is 0.477. The maximum Gasteiger partial charge on any atom is 0.337 e. The molecule has 2 heterocycles. The third-order valence-corrected chi connectivity index (χ3v) is 8.98. The fourth-order valence-electron chi connectivity index (χ4n) is 4.01. The second kappa shape index (κ2) is 9.99. The third-order valence-electron chi connectivity index (χ3n) is 5.81. The summed E-state index contributed by atoms with van der Waals surface area (Å²) in [7, 11) is -2.41. The fourth-order valence-corrected chi connectivity index (χ4v) is 6.80. The van der Waals surface area contributed by atoms with Gasteiger partial charge in [-0.2, -0.15) is 9.30 Å². The van der Waals surface area contributed by atoms with E-state index in [1.807, 2.05) is 17.6 Å². The van der Waals surface area contributed by atoms with Gasteiger partial charge in [0.15, 0.2) is 4.80 Å². The van der Waals surface area contributed by atoms with Crippen LogP contribution in [0.5, 0.6) is 0 Å². The minimum absolute atomic E-state index is 0.0802. The number of ether oxygens (including phenoxy) is 1. The van der Waals surface area contributed by atoms with Gasteiger partial charge in [-0.15, -0.1) is 0 Å². The maximum atomic E-state index is 13.1. The van der Waals surface area contributed by atoms with Crippen LogP contribution in [0.15, 0.2) is 52.4 Å². The molecule has 1 atom stereocenters. The second-order valence-electron chi connectivity index (χ2n) is 7.91. The van der Waals surface area contributed by atoms with E-state index in [-0.39, 0.29) is 17.3 Å². The number of benzene rings is 2. The number of hydrogen-bond donors (Lipinski definition) is 0. The molecule has 1 saturated heterocycles. The number of piperidine rings is 1. The van der Waals surface area contributed by atoms with E-state index in [1.54, 1.807) is 12.1 Å². The van der Waals surface area contributed by atoms with Crippen LogP contribution in [0.1, 0.15) is 30.1 Å². The summed E-state index contributed by atoms with van der Waals surface area (Å²) in [5.41, 5.74) is 1.29. The molecule has 0 N–H and O–H groups in total. The Balaban J connectivity index is 1.62. The first-order valence-electron chi connectivity index (χ1n) is 10.8. The first-order chi connectivity index (χ1) is 16.2. The summed E-state index contributed by atoms with van der Waals surface area (Å²) in [6, 6.07) is 11.2. The second-order valence-corrected chi connectivity index (χ2v) is 11.3. The number of aryl methyl sites for hydroxylation is 1. The Hall–Kier alpha value is -2.53. The summed E-state index contributed by atoms with van der Waals surface area (Å²) < 4.78 is 35.0. The van der Waals surface area contributed by atoms with Gasteiger partial charge < -0.3 is 9.30 Å². The van der Waals surface area contributed by atoms with Gasteiger partial charge in [-0.1, -0.05) is 22.9 Å². The van der Waals surface area contributed by atoms with Gasteiger partial charge in [0.25, 0.3) is 5.91 Å². The minimum Gasteiger partial charge on any atom is -0.465 e. The number of carbonyl (C=O) groups excluding carboxylic acids is 2. The molecule has 0 radical (unpaired) electrons. The number of rotatable bonds is 5. The Bertz CT molecular complexity index is 1410. The molecular weight excluding hydrogens is 498 g/mol. The zero-order chi connectivity index (χ0) is 24.5. The van der Waals surface area contributed by atoms with Gasteiger partial charge in [0.05, 0.1) is 33.7 Å². The van der Waals surface area contributed by atoms with E-state index in [9.17, 15) is 18.0 Å². The minimum atomic E-state index is -3.73. The number of amides is 1. The van der Waals surface area contributed by atoms with E-state index in [2.05, 4.69) is 4.99 Å². The predicted octanol–water partition coefficient (Wildman–Crippen LogP) is 3.69. The third kappa shape index (κ3) is 4.81. The SMILES string of the molecule is CCn1c(=NC(=O)C2CCCN(S(=O)(=O)c3ccc(Cl)cc3)C2)sc2cc(C(=O)OC)ccc21. The van der Waals surface area contributed by atoms with Crippen LogP contribution in [-0.4, -0.2) is 49.4 Å². The molecule has 1 amide bonds.